The molecule has 1 heterocycles. The Morgan fingerprint density at radius 2 is 2.15 bits per heavy atom. The molecule has 1 aliphatic carbocycles. The van der Waals surface area contributed by atoms with Crippen LogP contribution in [-0.4, -0.2) is 10.8 Å². The smallest absolute Gasteiger partial charge is 0.288 e. The maximum absolute atomic E-state index is 12.4. The van der Waals surface area contributed by atoms with E-state index < -0.39 is 4.92 Å². The number of hydrogen-bond donors (Lipinski definition) is 2. The minimum Gasteiger partial charge on any atom is -0.298 e. The Morgan fingerprint density at radius 3 is 2.88 bits per heavy atom. The van der Waals surface area contributed by atoms with E-state index in [-0.39, 0.29) is 16.6 Å². The van der Waals surface area contributed by atoms with Gasteiger partial charge in [0.15, 0.2) is 0 Å². The quantitative estimate of drug-likeness (QED) is 0.586. The number of benzene rings is 1. The summed E-state index contributed by atoms with van der Waals surface area (Å²) in [6.45, 7) is 6.03. The summed E-state index contributed by atoms with van der Waals surface area (Å²) < 4.78 is 0. The predicted molar refractivity (Wildman–Crippen MR) is 103 cm³/mol. The molecule has 8 heteroatoms. The summed E-state index contributed by atoms with van der Waals surface area (Å²) in [7, 11) is 0. The molecule has 2 N–H and O–H groups in total. The van der Waals surface area contributed by atoms with Gasteiger partial charge in [0, 0.05) is 16.5 Å². The van der Waals surface area contributed by atoms with E-state index in [1.165, 1.54) is 33.9 Å². The minimum absolute atomic E-state index is 0.0500. The van der Waals surface area contributed by atoms with E-state index >= 15 is 0 Å². The standard InChI is InChI=1S/C18H18ClN3O3S/c1-10-3-6-16-13(7-10)9-17(26-16)18(23)21-20-11(2)12-4-5-14(19)15(8-12)22(24)25/h4-5,8-10,20H,2-3,6-7H2,1H3,(H,21,23)/t10-/m0/s1. The van der Waals surface area contributed by atoms with Crippen LogP contribution in [0, 0.1) is 16.0 Å². The molecule has 0 aliphatic heterocycles. The van der Waals surface area contributed by atoms with Crippen LogP contribution in [0.3, 0.4) is 0 Å². The van der Waals surface area contributed by atoms with Gasteiger partial charge in [-0.05, 0) is 42.9 Å². The lowest BCUT2D eigenvalue weighted by molar-refractivity contribution is -0.384. The number of halogens is 1. The van der Waals surface area contributed by atoms with E-state index in [1.54, 1.807) is 6.07 Å². The second-order valence-corrected chi connectivity index (χ2v) is 7.93. The number of hydrazine groups is 1. The van der Waals surface area contributed by atoms with Gasteiger partial charge in [-0.2, -0.15) is 0 Å². The second-order valence-electron chi connectivity index (χ2n) is 6.39. The zero-order chi connectivity index (χ0) is 18.8. The first kappa shape index (κ1) is 18.4. The van der Waals surface area contributed by atoms with Crippen molar-refractivity contribution >= 4 is 40.2 Å². The van der Waals surface area contributed by atoms with Crippen LogP contribution >= 0.6 is 22.9 Å². The fourth-order valence-corrected chi connectivity index (χ4v) is 4.21. The summed E-state index contributed by atoms with van der Waals surface area (Å²) in [6, 6.07) is 6.29. The largest absolute Gasteiger partial charge is 0.298 e. The van der Waals surface area contributed by atoms with Crippen molar-refractivity contribution in [1.82, 2.24) is 10.9 Å². The van der Waals surface area contributed by atoms with Crippen LogP contribution in [0.15, 0.2) is 30.8 Å². The molecule has 1 atom stereocenters. The van der Waals surface area contributed by atoms with Gasteiger partial charge in [-0.15, -0.1) is 11.3 Å². The first-order valence-corrected chi connectivity index (χ1v) is 9.35. The molecule has 3 rings (SSSR count). The fraction of sp³-hybridized carbons (Fsp3) is 0.278. The number of carbonyl (C=O) groups excluding carboxylic acids is 1. The number of hydrogen-bond acceptors (Lipinski definition) is 5. The average Bonchev–Trinajstić information content (AvgIpc) is 3.02. The Labute approximate surface area is 160 Å². The molecule has 0 spiro atoms. The van der Waals surface area contributed by atoms with E-state index in [9.17, 15) is 14.9 Å². The molecule has 2 aromatic rings. The van der Waals surface area contributed by atoms with Crippen LogP contribution < -0.4 is 10.9 Å². The monoisotopic (exact) mass is 391 g/mol. The van der Waals surface area contributed by atoms with Crippen LogP contribution in [0.5, 0.6) is 0 Å². The van der Waals surface area contributed by atoms with Crippen LogP contribution in [0.2, 0.25) is 5.02 Å². The van der Waals surface area contributed by atoms with Crippen molar-refractivity contribution in [2.24, 2.45) is 5.92 Å². The summed E-state index contributed by atoms with van der Waals surface area (Å²) in [6.07, 6.45) is 3.18. The van der Waals surface area contributed by atoms with Crippen molar-refractivity contribution in [2.45, 2.75) is 26.2 Å². The molecule has 0 radical (unpaired) electrons. The number of nitrogens with one attached hydrogen (secondary N) is 2. The Hall–Kier alpha value is -2.38. The van der Waals surface area contributed by atoms with Crippen LogP contribution in [0.1, 0.15) is 39.0 Å². The number of carbonyl (C=O) groups is 1. The molecule has 0 fully saturated rings. The van der Waals surface area contributed by atoms with Gasteiger partial charge in [-0.25, -0.2) is 0 Å². The summed E-state index contributed by atoms with van der Waals surface area (Å²) in [4.78, 5) is 24.7. The van der Waals surface area contributed by atoms with Gasteiger partial charge in [0.05, 0.1) is 15.5 Å². The molecule has 0 bridgehead atoms. The molecule has 0 saturated heterocycles. The minimum atomic E-state index is -0.561. The van der Waals surface area contributed by atoms with Crippen molar-refractivity contribution in [2.75, 3.05) is 0 Å². The lowest BCUT2D eigenvalue weighted by Gasteiger charge is -2.16. The number of aryl methyl sites for hydroxylation is 1. The maximum Gasteiger partial charge on any atom is 0.288 e. The van der Waals surface area contributed by atoms with E-state index in [2.05, 4.69) is 24.4 Å². The number of amides is 1. The van der Waals surface area contributed by atoms with Crippen molar-refractivity contribution in [3.8, 4) is 0 Å². The zero-order valence-electron chi connectivity index (χ0n) is 14.2. The normalized spacial score (nSPS) is 15.8. The molecule has 0 saturated carbocycles. The van der Waals surface area contributed by atoms with Crippen LogP contribution in [-0.2, 0) is 12.8 Å². The van der Waals surface area contributed by atoms with Gasteiger partial charge in [-0.3, -0.25) is 25.8 Å². The first-order valence-electron chi connectivity index (χ1n) is 8.16. The third-order valence-electron chi connectivity index (χ3n) is 4.37. The van der Waals surface area contributed by atoms with Gasteiger partial charge >= 0.3 is 0 Å². The predicted octanol–water partition coefficient (Wildman–Crippen LogP) is 4.34. The number of nitro groups is 1. The zero-order valence-corrected chi connectivity index (χ0v) is 15.7. The molecule has 6 nitrogen and oxygen atoms in total. The fourth-order valence-electron chi connectivity index (χ4n) is 2.92. The van der Waals surface area contributed by atoms with Crippen LogP contribution in [0.25, 0.3) is 5.70 Å². The lowest BCUT2D eigenvalue weighted by atomic mass is 9.90. The van der Waals surface area contributed by atoms with Crippen molar-refractivity contribution in [1.29, 1.82) is 0 Å². The average molecular weight is 392 g/mol. The van der Waals surface area contributed by atoms with E-state index in [4.69, 9.17) is 11.6 Å². The van der Waals surface area contributed by atoms with Gasteiger partial charge in [0.1, 0.15) is 5.02 Å². The third-order valence-corrected chi connectivity index (χ3v) is 5.93. The molecule has 1 aromatic heterocycles. The van der Waals surface area contributed by atoms with E-state index in [1.807, 2.05) is 6.07 Å². The highest BCUT2D eigenvalue weighted by Crippen LogP contribution is 2.32. The van der Waals surface area contributed by atoms with Gasteiger partial charge in [0.25, 0.3) is 11.6 Å². The number of nitro benzene ring substituents is 1. The first-order chi connectivity index (χ1) is 12.3. The number of nitrogens with zero attached hydrogens (tertiary/aromatic N) is 1. The number of rotatable bonds is 5. The topological polar surface area (TPSA) is 84.3 Å². The Bertz CT molecular complexity index is 894. The summed E-state index contributed by atoms with van der Waals surface area (Å²) in [5, 5.41) is 11.0. The SMILES string of the molecule is C=C(NNC(=O)c1cc2c(s1)CC[C@H](C)C2)c1ccc(Cl)c([N+](=O)[O-])c1. The molecule has 1 aromatic carbocycles. The summed E-state index contributed by atoms with van der Waals surface area (Å²) in [5.41, 5.74) is 7.18. The van der Waals surface area contributed by atoms with Crippen molar-refractivity contribution in [3.63, 3.8) is 0 Å². The molecular weight excluding hydrogens is 374 g/mol. The Kier molecular flexibility index (Phi) is 5.29. The summed E-state index contributed by atoms with van der Waals surface area (Å²) in [5.74, 6) is 0.397. The summed E-state index contributed by atoms with van der Waals surface area (Å²) >= 11 is 7.32. The molecule has 136 valence electrons. The third kappa shape index (κ3) is 3.89. The number of fused-ring (bicyclic) bond motifs is 1. The second kappa shape index (κ2) is 7.47. The molecular formula is C18H18ClN3O3S. The van der Waals surface area contributed by atoms with E-state index in [0.717, 1.165) is 19.3 Å². The maximum atomic E-state index is 12.4. The highest BCUT2D eigenvalue weighted by molar-refractivity contribution is 7.14. The number of thiophene rings is 1. The lowest BCUT2D eigenvalue weighted by Crippen LogP contribution is -2.35. The Balaban J connectivity index is 1.65. The van der Waals surface area contributed by atoms with Crippen LogP contribution in [0.4, 0.5) is 5.69 Å². The molecule has 0 unspecified atom stereocenters. The van der Waals surface area contributed by atoms with Gasteiger partial charge < -0.3 is 0 Å². The molecule has 1 amide bonds. The molecule has 26 heavy (non-hydrogen) atoms. The van der Waals surface area contributed by atoms with E-state index in [0.29, 0.717) is 22.1 Å². The highest BCUT2D eigenvalue weighted by Gasteiger charge is 2.21. The van der Waals surface area contributed by atoms with Crippen molar-refractivity contribution in [3.05, 3.63) is 66.9 Å². The Morgan fingerprint density at radius 1 is 1.38 bits per heavy atom. The van der Waals surface area contributed by atoms with Gasteiger partial charge in [0.2, 0.25) is 0 Å². The van der Waals surface area contributed by atoms with Crippen molar-refractivity contribution < 1.29 is 9.72 Å². The highest BCUT2D eigenvalue weighted by atomic mass is 35.5. The van der Waals surface area contributed by atoms with Gasteiger partial charge in [-0.1, -0.05) is 31.2 Å². The molecule has 1 aliphatic rings.